The number of amides is 2. The zero-order chi connectivity index (χ0) is 18.0. The van der Waals surface area contributed by atoms with E-state index in [2.05, 4.69) is 6.07 Å². The Bertz CT molecular complexity index is 638. The van der Waals surface area contributed by atoms with Crippen molar-refractivity contribution in [3.8, 4) is 0 Å². The summed E-state index contributed by atoms with van der Waals surface area (Å²) in [6.45, 7) is 6.72. The Balaban J connectivity index is 1.68. The van der Waals surface area contributed by atoms with Crippen LogP contribution in [0.15, 0.2) is 18.2 Å². The van der Waals surface area contributed by atoms with Crippen molar-refractivity contribution in [2.45, 2.75) is 45.6 Å². The van der Waals surface area contributed by atoms with Crippen molar-refractivity contribution in [2.24, 2.45) is 11.7 Å². The van der Waals surface area contributed by atoms with Crippen molar-refractivity contribution in [2.75, 3.05) is 26.2 Å². The molecule has 0 bridgehead atoms. The van der Waals surface area contributed by atoms with Crippen LogP contribution in [-0.2, 0) is 4.79 Å². The Hall–Kier alpha value is -1.88. The monoisotopic (exact) mass is 343 g/mol. The van der Waals surface area contributed by atoms with E-state index in [-0.39, 0.29) is 23.8 Å². The van der Waals surface area contributed by atoms with Crippen LogP contribution in [0.25, 0.3) is 0 Å². The summed E-state index contributed by atoms with van der Waals surface area (Å²) in [6.07, 6.45) is 3.71. The van der Waals surface area contributed by atoms with E-state index in [1.807, 2.05) is 35.8 Å². The van der Waals surface area contributed by atoms with Gasteiger partial charge in [0, 0.05) is 37.8 Å². The lowest BCUT2D eigenvalue weighted by Gasteiger charge is -2.37. The SMILES string of the molecule is Cc1cc(C)cc(C(=O)N2CCCC(C(=O)N3CCC[C@@H](N)C3)C2)c1. The zero-order valence-electron chi connectivity index (χ0n) is 15.3. The normalized spacial score (nSPS) is 24.3. The van der Waals surface area contributed by atoms with Crippen LogP contribution in [0.4, 0.5) is 0 Å². The third-order valence-corrected chi connectivity index (χ3v) is 5.30. The average Bonchev–Trinajstić information content (AvgIpc) is 2.59. The molecule has 2 aliphatic heterocycles. The van der Waals surface area contributed by atoms with E-state index in [9.17, 15) is 9.59 Å². The van der Waals surface area contributed by atoms with Crippen molar-refractivity contribution in [1.29, 1.82) is 0 Å². The Morgan fingerprint density at radius 3 is 2.28 bits per heavy atom. The number of hydrogen-bond donors (Lipinski definition) is 1. The predicted octanol–water partition coefficient (Wildman–Crippen LogP) is 2.11. The zero-order valence-corrected chi connectivity index (χ0v) is 15.3. The summed E-state index contributed by atoms with van der Waals surface area (Å²) in [6, 6.07) is 6.03. The molecule has 25 heavy (non-hydrogen) atoms. The van der Waals surface area contributed by atoms with Crippen LogP contribution in [0.1, 0.15) is 47.2 Å². The molecule has 2 atom stereocenters. The Morgan fingerprint density at radius 2 is 1.60 bits per heavy atom. The van der Waals surface area contributed by atoms with Crippen LogP contribution in [-0.4, -0.2) is 53.8 Å². The lowest BCUT2D eigenvalue weighted by molar-refractivity contribution is -0.138. The van der Waals surface area contributed by atoms with Gasteiger partial charge in [0.05, 0.1) is 5.92 Å². The average molecular weight is 343 g/mol. The molecule has 1 aromatic carbocycles. The van der Waals surface area contributed by atoms with Gasteiger partial charge in [0.25, 0.3) is 5.91 Å². The molecule has 0 spiro atoms. The summed E-state index contributed by atoms with van der Waals surface area (Å²) >= 11 is 0. The molecule has 1 aromatic rings. The molecule has 2 fully saturated rings. The number of likely N-dealkylation sites (tertiary alicyclic amines) is 2. The Morgan fingerprint density at radius 1 is 0.960 bits per heavy atom. The van der Waals surface area contributed by atoms with Gasteiger partial charge in [0.1, 0.15) is 0 Å². The molecule has 5 heteroatoms. The van der Waals surface area contributed by atoms with E-state index in [0.717, 1.165) is 55.5 Å². The van der Waals surface area contributed by atoms with Gasteiger partial charge in [-0.3, -0.25) is 9.59 Å². The van der Waals surface area contributed by atoms with E-state index >= 15 is 0 Å². The predicted molar refractivity (Wildman–Crippen MR) is 98.3 cm³/mol. The fourth-order valence-corrected chi connectivity index (χ4v) is 4.11. The second-order valence-corrected chi connectivity index (χ2v) is 7.65. The first kappa shape index (κ1) is 17.9. The first-order valence-electron chi connectivity index (χ1n) is 9.36. The van der Waals surface area contributed by atoms with Gasteiger partial charge < -0.3 is 15.5 Å². The molecule has 1 unspecified atom stereocenters. The summed E-state index contributed by atoms with van der Waals surface area (Å²) in [4.78, 5) is 29.5. The summed E-state index contributed by atoms with van der Waals surface area (Å²) in [5.41, 5.74) is 8.93. The third-order valence-electron chi connectivity index (χ3n) is 5.30. The van der Waals surface area contributed by atoms with Gasteiger partial charge in [0.2, 0.25) is 5.91 Å². The molecule has 136 valence electrons. The highest BCUT2D eigenvalue weighted by Gasteiger charge is 2.33. The number of nitrogens with zero attached hydrogens (tertiary/aromatic N) is 2. The number of nitrogens with two attached hydrogens (primary N) is 1. The molecular formula is C20H29N3O2. The first-order chi connectivity index (χ1) is 11.9. The van der Waals surface area contributed by atoms with Gasteiger partial charge >= 0.3 is 0 Å². The smallest absolute Gasteiger partial charge is 0.253 e. The van der Waals surface area contributed by atoms with E-state index in [1.54, 1.807) is 0 Å². The highest BCUT2D eigenvalue weighted by atomic mass is 16.2. The minimum absolute atomic E-state index is 0.0413. The number of rotatable bonds is 2. The fraction of sp³-hybridized carbons (Fsp3) is 0.600. The van der Waals surface area contributed by atoms with Crippen LogP contribution in [0.2, 0.25) is 0 Å². The highest BCUT2D eigenvalue weighted by Crippen LogP contribution is 2.23. The van der Waals surface area contributed by atoms with Crippen LogP contribution < -0.4 is 5.73 Å². The van der Waals surface area contributed by atoms with Crippen molar-refractivity contribution in [3.63, 3.8) is 0 Å². The summed E-state index contributed by atoms with van der Waals surface area (Å²) < 4.78 is 0. The Labute approximate surface area is 150 Å². The van der Waals surface area contributed by atoms with Gasteiger partial charge in [-0.05, 0) is 51.7 Å². The minimum Gasteiger partial charge on any atom is -0.341 e. The third kappa shape index (κ3) is 4.21. The van der Waals surface area contributed by atoms with Crippen molar-refractivity contribution >= 4 is 11.8 Å². The molecule has 5 nitrogen and oxygen atoms in total. The van der Waals surface area contributed by atoms with Gasteiger partial charge in [-0.2, -0.15) is 0 Å². The quantitative estimate of drug-likeness (QED) is 0.894. The summed E-state index contributed by atoms with van der Waals surface area (Å²) in [5.74, 6) is 0.127. The molecule has 2 saturated heterocycles. The second-order valence-electron chi connectivity index (χ2n) is 7.65. The number of aryl methyl sites for hydroxylation is 2. The molecule has 0 saturated carbocycles. The number of carbonyl (C=O) groups is 2. The Kier molecular flexibility index (Phi) is 5.42. The molecule has 0 aliphatic carbocycles. The van der Waals surface area contributed by atoms with Crippen molar-refractivity contribution < 1.29 is 9.59 Å². The van der Waals surface area contributed by atoms with Gasteiger partial charge in [-0.25, -0.2) is 0 Å². The first-order valence-corrected chi connectivity index (χ1v) is 9.36. The fourth-order valence-electron chi connectivity index (χ4n) is 4.11. The maximum absolute atomic E-state index is 12.9. The molecule has 2 aliphatic rings. The molecular weight excluding hydrogens is 314 g/mol. The lowest BCUT2D eigenvalue weighted by Crippen LogP contribution is -2.51. The highest BCUT2D eigenvalue weighted by molar-refractivity contribution is 5.95. The van der Waals surface area contributed by atoms with Gasteiger partial charge in [0.15, 0.2) is 0 Å². The second kappa shape index (κ2) is 7.56. The van der Waals surface area contributed by atoms with Crippen LogP contribution >= 0.6 is 0 Å². The van der Waals surface area contributed by atoms with E-state index in [1.165, 1.54) is 0 Å². The topological polar surface area (TPSA) is 66.6 Å². The molecule has 2 amide bonds. The molecule has 0 aromatic heterocycles. The summed E-state index contributed by atoms with van der Waals surface area (Å²) in [5, 5.41) is 0. The maximum Gasteiger partial charge on any atom is 0.253 e. The number of benzene rings is 1. The number of carbonyl (C=O) groups excluding carboxylic acids is 2. The van der Waals surface area contributed by atoms with E-state index < -0.39 is 0 Å². The number of piperidine rings is 2. The maximum atomic E-state index is 12.9. The molecule has 2 heterocycles. The van der Waals surface area contributed by atoms with Crippen LogP contribution in [0, 0.1) is 19.8 Å². The van der Waals surface area contributed by atoms with Crippen molar-refractivity contribution in [3.05, 3.63) is 34.9 Å². The molecule has 0 radical (unpaired) electrons. The van der Waals surface area contributed by atoms with Crippen molar-refractivity contribution in [1.82, 2.24) is 9.80 Å². The van der Waals surface area contributed by atoms with Crippen LogP contribution in [0.5, 0.6) is 0 Å². The minimum atomic E-state index is -0.0890. The van der Waals surface area contributed by atoms with Gasteiger partial charge in [-0.15, -0.1) is 0 Å². The van der Waals surface area contributed by atoms with E-state index in [0.29, 0.717) is 13.1 Å². The standard InChI is InChI=1S/C20H29N3O2/c1-14-9-15(2)11-17(10-14)20(25)22-7-3-5-16(12-22)19(24)23-8-4-6-18(21)13-23/h9-11,16,18H,3-8,12-13,21H2,1-2H3/t16?,18-/m1/s1. The van der Waals surface area contributed by atoms with E-state index in [4.69, 9.17) is 5.73 Å². The van der Waals surface area contributed by atoms with Gasteiger partial charge in [-0.1, -0.05) is 17.2 Å². The lowest BCUT2D eigenvalue weighted by atomic mass is 9.94. The largest absolute Gasteiger partial charge is 0.341 e. The summed E-state index contributed by atoms with van der Waals surface area (Å²) in [7, 11) is 0. The molecule has 2 N–H and O–H groups in total. The molecule has 3 rings (SSSR count). The van der Waals surface area contributed by atoms with Crippen LogP contribution in [0.3, 0.4) is 0 Å². The number of hydrogen-bond acceptors (Lipinski definition) is 3.